The van der Waals surface area contributed by atoms with Crippen molar-refractivity contribution in [2.45, 2.75) is 39.5 Å². The van der Waals surface area contributed by atoms with Gasteiger partial charge in [-0.1, -0.05) is 50.6 Å². The van der Waals surface area contributed by atoms with E-state index in [0.29, 0.717) is 5.82 Å². The van der Waals surface area contributed by atoms with E-state index in [-0.39, 0.29) is 11.8 Å². The fourth-order valence-corrected chi connectivity index (χ4v) is 2.29. The first kappa shape index (κ1) is 15.3. The Balaban J connectivity index is 1.85. The number of aryl methyl sites for hydroxylation is 2. The molecule has 0 bridgehead atoms. The van der Waals surface area contributed by atoms with Crippen LogP contribution in [-0.2, 0) is 17.6 Å². The minimum atomic E-state index is 0.0273. The number of carbonyl (C=O) groups is 1. The van der Waals surface area contributed by atoms with Gasteiger partial charge in [-0.3, -0.25) is 9.89 Å². The first-order chi connectivity index (χ1) is 10.2. The summed E-state index contributed by atoms with van der Waals surface area (Å²) in [5, 5.41) is 10.0. The van der Waals surface area contributed by atoms with Crippen LogP contribution in [0.25, 0.3) is 0 Å². The second-order valence-corrected chi connectivity index (χ2v) is 5.44. The summed E-state index contributed by atoms with van der Waals surface area (Å²) in [5.41, 5.74) is 2.34. The molecule has 0 aliphatic carbocycles. The number of hydrogen-bond donors (Lipinski definition) is 2. The molecule has 21 heavy (non-hydrogen) atoms. The number of nitrogens with zero attached hydrogens (tertiary/aromatic N) is 1. The van der Waals surface area contributed by atoms with Crippen LogP contribution in [-0.4, -0.2) is 16.1 Å². The minimum Gasteiger partial charge on any atom is -0.309 e. The van der Waals surface area contributed by atoms with Gasteiger partial charge in [0.15, 0.2) is 5.82 Å². The molecule has 112 valence electrons. The summed E-state index contributed by atoms with van der Waals surface area (Å²) in [7, 11) is 0. The van der Waals surface area contributed by atoms with Gasteiger partial charge in [-0.05, 0) is 24.8 Å². The smallest absolute Gasteiger partial charge is 0.228 e. The predicted molar refractivity (Wildman–Crippen MR) is 85.1 cm³/mol. The number of aromatic nitrogens is 2. The Hall–Kier alpha value is -2.10. The average Bonchev–Trinajstić information content (AvgIpc) is 2.94. The van der Waals surface area contributed by atoms with E-state index >= 15 is 0 Å². The number of anilines is 1. The van der Waals surface area contributed by atoms with Crippen LogP contribution in [0.3, 0.4) is 0 Å². The van der Waals surface area contributed by atoms with Crippen molar-refractivity contribution in [3.63, 3.8) is 0 Å². The fourth-order valence-electron chi connectivity index (χ4n) is 2.29. The van der Waals surface area contributed by atoms with E-state index in [0.717, 1.165) is 31.4 Å². The molecule has 2 aromatic rings. The summed E-state index contributed by atoms with van der Waals surface area (Å²) in [6, 6.07) is 12.3. The number of H-pyrrole nitrogens is 1. The standard InChI is InChI=1S/C17H23N3O/c1-3-7-13(2)17(21)18-16-12-15(19-20-16)11-10-14-8-5-4-6-9-14/h4-6,8-9,12-13H,3,7,10-11H2,1-2H3,(H2,18,19,20,21). The maximum Gasteiger partial charge on any atom is 0.228 e. The third kappa shape index (κ3) is 4.74. The Labute approximate surface area is 126 Å². The Kier molecular flexibility index (Phi) is 5.55. The first-order valence-electron chi connectivity index (χ1n) is 7.58. The SMILES string of the molecule is CCCC(C)C(=O)Nc1cc(CCc2ccccc2)[nH]n1. The summed E-state index contributed by atoms with van der Waals surface area (Å²) in [6.45, 7) is 4.03. The second kappa shape index (κ2) is 7.62. The van der Waals surface area contributed by atoms with Crippen molar-refractivity contribution >= 4 is 11.7 Å². The monoisotopic (exact) mass is 285 g/mol. The van der Waals surface area contributed by atoms with Gasteiger partial charge < -0.3 is 5.32 Å². The number of nitrogens with one attached hydrogen (secondary N) is 2. The zero-order chi connectivity index (χ0) is 15.1. The fraction of sp³-hybridized carbons (Fsp3) is 0.412. The molecule has 1 aromatic heterocycles. The van der Waals surface area contributed by atoms with Crippen LogP contribution >= 0.6 is 0 Å². The van der Waals surface area contributed by atoms with Crippen molar-refractivity contribution in [1.82, 2.24) is 10.2 Å². The van der Waals surface area contributed by atoms with E-state index in [1.807, 2.05) is 31.2 Å². The highest BCUT2D eigenvalue weighted by molar-refractivity contribution is 5.91. The highest BCUT2D eigenvalue weighted by atomic mass is 16.1. The van der Waals surface area contributed by atoms with Crippen molar-refractivity contribution in [3.05, 3.63) is 47.7 Å². The lowest BCUT2D eigenvalue weighted by atomic mass is 10.1. The van der Waals surface area contributed by atoms with Gasteiger partial charge in [-0.25, -0.2) is 0 Å². The van der Waals surface area contributed by atoms with Gasteiger partial charge in [0.05, 0.1) is 0 Å². The van der Waals surface area contributed by atoms with E-state index in [2.05, 4.69) is 34.6 Å². The maximum atomic E-state index is 11.9. The van der Waals surface area contributed by atoms with Crippen molar-refractivity contribution < 1.29 is 4.79 Å². The molecule has 0 aliphatic heterocycles. The molecule has 0 spiro atoms. The predicted octanol–water partition coefficient (Wildman–Crippen LogP) is 3.57. The average molecular weight is 285 g/mol. The number of amides is 1. The van der Waals surface area contributed by atoms with Crippen molar-refractivity contribution in [1.29, 1.82) is 0 Å². The molecule has 0 aliphatic rings. The molecule has 4 heteroatoms. The molecule has 1 atom stereocenters. The van der Waals surface area contributed by atoms with Gasteiger partial charge in [0.25, 0.3) is 0 Å². The molecule has 4 nitrogen and oxygen atoms in total. The van der Waals surface area contributed by atoms with Crippen molar-refractivity contribution in [2.24, 2.45) is 5.92 Å². The Morgan fingerprint density at radius 3 is 2.76 bits per heavy atom. The van der Waals surface area contributed by atoms with Crippen LogP contribution in [0.4, 0.5) is 5.82 Å². The van der Waals surface area contributed by atoms with Crippen LogP contribution < -0.4 is 5.32 Å². The lowest BCUT2D eigenvalue weighted by molar-refractivity contribution is -0.119. The largest absolute Gasteiger partial charge is 0.309 e. The zero-order valence-corrected chi connectivity index (χ0v) is 12.7. The first-order valence-corrected chi connectivity index (χ1v) is 7.58. The van der Waals surface area contributed by atoms with Gasteiger partial charge >= 0.3 is 0 Å². The minimum absolute atomic E-state index is 0.0273. The number of benzene rings is 1. The van der Waals surface area contributed by atoms with Crippen molar-refractivity contribution in [2.75, 3.05) is 5.32 Å². The second-order valence-electron chi connectivity index (χ2n) is 5.44. The third-order valence-electron chi connectivity index (χ3n) is 3.58. The van der Waals surface area contributed by atoms with Gasteiger partial charge in [0.1, 0.15) is 0 Å². The number of hydrogen-bond acceptors (Lipinski definition) is 2. The number of rotatable bonds is 7. The maximum absolute atomic E-state index is 11.9. The highest BCUT2D eigenvalue weighted by Crippen LogP contribution is 2.12. The van der Waals surface area contributed by atoms with Crippen molar-refractivity contribution in [3.8, 4) is 0 Å². The molecule has 2 N–H and O–H groups in total. The molecule has 1 amide bonds. The Bertz CT molecular complexity index is 562. The summed E-state index contributed by atoms with van der Waals surface area (Å²) in [5.74, 6) is 0.684. The summed E-state index contributed by atoms with van der Waals surface area (Å²) >= 11 is 0. The Morgan fingerprint density at radius 1 is 1.29 bits per heavy atom. The molecular weight excluding hydrogens is 262 g/mol. The quantitative estimate of drug-likeness (QED) is 0.817. The molecule has 1 unspecified atom stereocenters. The lowest BCUT2D eigenvalue weighted by Gasteiger charge is -2.08. The van der Waals surface area contributed by atoms with Crippen LogP contribution in [0, 0.1) is 5.92 Å². The van der Waals surface area contributed by atoms with E-state index in [1.165, 1.54) is 5.56 Å². The lowest BCUT2D eigenvalue weighted by Crippen LogP contribution is -2.20. The van der Waals surface area contributed by atoms with E-state index in [9.17, 15) is 4.79 Å². The molecule has 0 radical (unpaired) electrons. The molecule has 1 aromatic carbocycles. The van der Waals surface area contributed by atoms with Crippen LogP contribution in [0.2, 0.25) is 0 Å². The third-order valence-corrected chi connectivity index (χ3v) is 3.58. The van der Waals surface area contributed by atoms with E-state index in [1.54, 1.807) is 0 Å². The van der Waals surface area contributed by atoms with E-state index < -0.39 is 0 Å². The van der Waals surface area contributed by atoms with E-state index in [4.69, 9.17) is 0 Å². The molecule has 0 saturated carbocycles. The molecule has 0 fully saturated rings. The molecule has 0 saturated heterocycles. The van der Waals surface area contributed by atoms with Crippen LogP contribution in [0.1, 0.15) is 37.9 Å². The Morgan fingerprint density at radius 2 is 2.05 bits per heavy atom. The zero-order valence-electron chi connectivity index (χ0n) is 12.7. The normalized spacial score (nSPS) is 12.1. The number of aromatic amines is 1. The van der Waals surface area contributed by atoms with Gasteiger partial charge in [0, 0.05) is 17.7 Å². The summed E-state index contributed by atoms with van der Waals surface area (Å²) < 4.78 is 0. The van der Waals surface area contributed by atoms with Gasteiger partial charge in [-0.2, -0.15) is 5.10 Å². The summed E-state index contributed by atoms with van der Waals surface area (Å²) in [4.78, 5) is 11.9. The topological polar surface area (TPSA) is 57.8 Å². The van der Waals surface area contributed by atoms with Crippen LogP contribution in [0.5, 0.6) is 0 Å². The number of carbonyl (C=O) groups excluding carboxylic acids is 1. The van der Waals surface area contributed by atoms with Crippen LogP contribution in [0.15, 0.2) is 36.4 Å². The molecule has 1 heterocycles. The van der Waals surface area contributed by atoms with Gasteiger partial charge in [-0.15, -0.1) is 0 Å². The molecular formula is C17H23N3O. The van der Waals surface area contributed by atoms with Gasteiger partial charge in [0.2, 0.25) is 5.91 Å². The molecule has 2 rings (SSSR count). The summed E-state index contributed by atoms with van der Waals surface area (Å²) in [6.07, 6.45) is 3.76. The highest BCUT2D eigenvalue weighted by Gasteiger charge is 2.13.